The molecule has 7 nitrogen and oxygen atoms in total. The van der Waals surface area contributed by atoms with Gasteiger partial charge in [0.2, 0.25) is 0 Å². The molecule has 28 heavy (non-hydrogen) atoms. The number of nitrogens with zero attached hydrogens (tertiary/aromatic N) is 1. The zero-order valence-electron chi connectivity index (χ0n) is 15.8. The van der Waals surface area contributed by atoms with Crippen molar-refractivity contribution in [1.29, 1.82) is 0 Å². The molecule has 3 rings (SSSR count). The molecule has 7 heteroatoms. The van der Waals surface area contributed by atoms with Crippen molar-refractivity contribution in [2.75, 3.05) is 29.9 Å². The van der Waals surface area contributed by atoms with Crippen LogP contribution in [0.3, 0.4) is 0 Å². The lowest BCUT2D eigenvalue weighted by Crippen LogP contribution is -2.29. The Morgan fingerprint density at radius 1 is 1.00 bits per heavy atom. The van der Waals surface area contributed by atoms with Gasteiger partial charge >= 0.3 is 5.97 Å². The zero-order valence-corrected chi connectivity index (χ0v) is 15.8. The summed E-state index contributed by atoms with van der Waals surface area (Å²) in [5.74, 6) is -2.32. The third-order valence-electron chi connectivity index (χ3n) is 4.78. The number of carbonyl (C=O) groups is 2. The summed E-state index contributed by atoms with van der Waals surface area (Å²) in [6.07, 6.45) is 3.65. The summed E-state index contributed by atoms with van der Waals surface area (Å²) in [5.41, 5.74) is 1.97. The summed E-state index contributed by atoms with van der Waals surface area (Å²) in [6.45, 7) is 3.18. The molecule has 148 valence electrons. The van der Waals surface area contributed by atoms with Crippen LogP contribution in [0.5, 0.6) is 11.5 Å². The molecular formula is C21H24N2O5. The molecule has 1 fully saturated rings. The highest BCUT2D eigenvalue weighted by atomic mass is 16.5. The summed E-state index contributed by atoms with van der Waals surface area (Å²) in [6, 6.07) is 10.4. The lowest BCUT2D eigenvalue weighted by Gasteiger charge is -2.28. The van der Waals surface area contributed by atoms with Crippen molar-refractivity contribution in [3.05, 3.63) is 47.5 Å². The lowest BCUT2D eigenvalue weighted by atomic mass is 10.1. The van der Waals surface area contributed by atoms with E-state index in [9.17, 15) is 19.8 Å². The molecule has 0 atom stereocenters. The fourth-order valence-electron chi connectivity index (χ4n) is 3.16. The Kier molecular flexibility index (Phi) is 6.03. The average Bonchev–Trinajstić information content (AvgIpc) is 2.71. The zero-order chi connectivity index (χ0) is 20.1. The van der Waals surface area contributed by atoms with Gasteiger partial charge in [0.1, 0.15) is 5.56 Å². The van der Waals surface area contributed by atoms with Crippen LogP contribution in [0.15, 0.2) is 36.4 Å². The molecule has 0 bridgehead atoms. The van der Waals surface area contributed by atoms with E-state index >= 15 is 0 Å². The summed E-state index contributed by atoms with van der Waals surface area (Å²) in [7, 11) is 0. The number of anilines is 2. The maximum Gasteiger partial charge on any atom is 0.342 e. The number of aromatic hydroxyl groups is 2. The molecule has 2 aromatic carbocycles. The molecule has 2 aromatic rings. The van der Waals surface area contributed by atoms with Gasteiger partial charge in [-0.05, 0) is 62.1 Å². The van der Waals surface area contributed by atoms with E-state index in [1.807, 2.05) is 24.3 Å². The molecule has 0 aromatic heterocycles. The van der Waals surface area contributed by atoms with E-state index < -0.39 is 24.2 Å². The van der Waals surface area contributed by atoms with Crippen LogP contribution >= 0.6 is 0 Å². The molecule has 1 saturated heterocycles. The van der Waals surface area contributed by atoms with Gasteiger partial charge < -0.3 is 25.2 Å². The molecule has 3 N–H and O–H groups in total. The van der Waals surface area contributed by atoms with Gasteiger partial charge in [0.15, 0.2) is 18.1 Å². The largest absolute Gasteiger partial charge is 0.504 e. The van der Waals surface area contributed by atoms with Gasteiger partial charge in [-0.2, -0.15) is 0 Å². The number of carbonyl (C=O) groups excluding carboxylic acids is 2. The molecule has 0 spiro atoms. The van der Waals surface area contributed by atoms with Gasteiger partial charge in [-0.3, -0.25) is 4.79 Å². The fraction of sp³-hybridized carbons (Fsp3) is 0.333. The number of benzene rings is 2. The maximum absolute atomic E-state index is 12.0. The second-order valence-corrected chi connectivity index (χ2v) is 6.85. The predicted molar refractivity (Wildman–Crippen MR) is 106 cm³/mol. The molecular weight excluding hydrogens is 360 g/mol. The molecule has 1 amide bonds. The number of aryl methyl sites for hydroxylation is 1. The first-order valence-corrected chi connectivity index (χ1v) is 9.29. The van der Waals surface area contributed by atoms with Crippen LogP contribution in [0, 0.1) is 6.92 Å². The highest BCUT2D eigenvalue weighted by molar-refractivity contribution is 5.97. The minimum atomic E-state index is -0.886. The maximum atomic E-state index is 12.0. The molecule has 0 aliphatic carbocycles. The van der Waals surface area contributed by atoms with Crippen LogP contribution in [0.4, 0.5) is 11.4 Å². The SMILES string of the molecule is Cc1ccc(C(=O)OCC(=O)Nc2ccc(N3CCCCC3)cc2)c(O)c1O. The second-order valence-electron chi connectivity index (χ2n) is 6.85. The molecule has 1 aliphatic rings. The number of esters is 1. The van der Waals surface area contributed by atoms with Crippen molar-refractivity contribution in [3.63, 3.8) is 0 Å². The predicted octanol–water partition coefficient (Wildman–Crippen LogP) is 3.19. The van der Waals surface area contributed by atoms with Crippen LogP contribution < -0.4 is 10.2 Å². The van der Waals surface area contributed by atoms with Gasteiger partial charge in [-0.25, -0.2) is 4.79 Å². The number of phenols is 2. The Balaban J connectivity index is 1.53. The Morgan fingerprint density at radius 3 is 2.36 bits per heavy atom. The summed E-state index contributed by atoms with van der Waals surface area (Å²) in [4.78, 5) is 26.4. The Bertz CT molecular complexity index is 858. The van der Waals surface area contributed by atoms with Crippen molar-refractivity contribution in [1.82, 2.24) is 0 Å². The van der Waals surface area contributed by atoms with E-state index in [1.165, 1.54) is 31.4 Å². The van der Waals surface area contributed by atoms with Gasteiger partial charge in [0, 0.05) is 24.5 Å². The van der Waals surface area contributed by atoms with Crippen LogP contribution in [0.25, 0.3) is 0 Å². The molecule has 0 saturated carbocycles. The quantitative estimate of drug-likeness (QED) is 0.541. The standard InChI is InChI=1S/C21H24N2O5/c1-14-5-10-17(20(26)19(14)25)21(27)28-13-18(24)22-15-6-8-16(9-7-15)23-11-3-2-4-12-23/h5-10,25-26H,2-4,11-13H2,1H3,(H,22,24). The molecule has 1 heterocycles. The Morgan fingerprint density at radius 2 is 1.68 bits per heavy atom. The van der Waals surface area contributed by atoms with E-state index in [2.05, 4.69) is 10.2 Å². The van der Waals surface area contributed by atoms with Gasteiger partial charge in [0.25, 0.3) is 5.91 Å². The summed E-state index contributed by atoms with van der Waals surface area (Å²) >= 11 is 0. The fourth-order valence-corrected chi connectivity index (χ4v) is 3.16. The number of ether oxygens (including phenoxy) is 1. The summed E-state index contributed by atoms with van der Waals surface area (Å²) in [5, 5.41) is 22.2. The molecule has 0 unspecified atom stereocenters. The number of amides is 1. The second kappa shape index (κ2) is 8.65. The average molecular weight is 384 g/mol. The van der Waals surface area contributed by atoms with Crippen molar-refractivity contribution in [2.45, 2.75) is 26.2 Å². The highest BCUT2D eigenvalue weighted by Crippen LogP contribution is 2.32. The number of hydrogen-bond acceptors (Lipinski definition) is 6. The third-order valence-corrected chi connectivity index (χ3v) is 4.78. The van der Waals surface area contributed by atoms with Crippen molar-refractivity contribution < 1.29 is 24.5 Å². The lowest BCUT2D eigenvalue weighted by molar-refractivity contribution is -0.119. The van der Waals surface area contributed by atoms with Gasteiger partial charge in [-0.15, -0.1) is 0 Å². The number of rotatable bonds is 5. The summed E-state index contributed by atoms with van der Waals surface area (Å²) < 4.78 is 4.93. The van der Waals surface area contributed by atoms with E-state index in [1.54, 1.807) is 6.92 Å². The number of hydrogen-bond donors (Lipinski definition) is 3. The number of phenolic OH excluding ortho intramolecular Hbond substituents is 2. The first-order chi connectivity index (χ1) is 13.5. The minimum Gasteiger partial charge on any atom is -0.504 e. The van der Waals surface area contributed by atoms with Crippen LogP contribution in [0.1, 0.15) is 35.2 Å². The number of nitrogens with one attached hydrogen (secondary N) is 1. The topological polar surface area (TPSA) is 99.1 Å². The number of piperidine rings is 1. The van der Waals surface area contributed by atoms with E-state index in [4.69, 9.17) is 4.74 Å². The first-order valence-electron chi connectivity index (χ1n) is 9.29. The van der Waals surface area contributed by atoms with Crippen molar-refractivity contribution in [2.24, 2.45) is 0 Å². The van der Waals surface area contributed by atoms with E-state index in [0.717, 1.165) is 18.8 Å². The minimum absolute atomic E-state index is 0.193. The monoisotopic (exact) mass is 384 g/mol. The Labute approximate surface area is 163 Å². The first kappa shape index (κ1) is 19.5. The van der Waals surface area contributed by atoms with Crippen LogP contribution in [0.2, 0.25) is 0 Å². The normalized spacial score (nSPS) is 13.8. The van der Waals surface area contributed by atoms with Gasteiger partial charge in [-0.1, -0.05) is 6.07 Å². The molecule has 1 aliphatic heterocycles. The molecule has 0 radical (unpaired) electrons. The smallest absolute Gasteiger partial charge is 0.342 e. The van der Waals surface area contributed by atoms with E-state index in [0.29, 0.717) is 11.3 Å². The van der Waals surface area contributed by atoms with Gasteiger partial charge in [0.05, 0.1) is 0 Å². The highest BCUT2D eigenvalue weighted by Gasteiger charge is 2.18. The van der Waals surface area contributed by atoms with Crippen LogP contribution in [-0.2, 0) is 9.53 Å². The van der Waals surface area contributed by atoms with Crippen LogP contribution in [-0.4, -0.2) is 41.8 Å². The van der Waals surface area contributed by atoms with Crippen molar-refractivity contribution >= 4 is 23.3 Å². The van der Waals surface area contributed by atoms with Crippen molar-refractivity contribution in [3.8, 4) is 11.5 Å². The third kappa shape index (κ3) is 4.54. The Hall–Kier alpha value is -3.22. The van der Waals surface area contributed by atoms with E-state index in [-0.39, 0.29) is 11.3 Å².